The van der Waals surface area contributed by atoms with E-state index in [-0.39, 0.29) is 0 Å². The van der Waals surface area contributed by atoms with E-state index >= 15 is 0 Å². The lowest BCUT2D eigenvalue weighted by Crippen LogP contribution is -2.46. The van der Waals surface area contributed by atoms with E-state index in [1.807, 2.05) is 0 Å². The minimum absolute atomic E-state index is 0.343. The molecule has 0 spiro atoms. The quantitative estimate of drug-likeness (QED) is 0.775. The molecule has 1 aliphatic carbocycles. The highest BCUT2D eigenvalue weighted by Gasteiger charge is 2.33. The maximum absolute atomic E-state index is 9.47. The summed E-state index contributed by atoms with van der Waals surface area (Å²) in [6.07, 6.45) is 9.30. The molecule has 1 aliphatic heterocycles. The molecule has 2 fully saturated rings. The second kappa shape index (κ2) is 7.61. The molecule has 0 aromatic heterocycles. The lowest BCUT2D eigenvalue weighted by atomic mass is 9.76. The highest BCUT2D eigenvalue weighted by atomic mass is 16.3. The van der Waals surface area contributed by atoms with Crippen molar-refractivity contribution in [2.45, 2.75) is 64.0 Å². The summed E-state index contributed by atoms with van der Waals surface area (Å²) >= 11 is 0. The van der Waals surface area contributed by atoms with E-state index in [2.05, 4.69) is 24.2 Å². The first-order valence-corrected chi connectivity index (χ1v) is 8.30. The molecule has 1 saturated carbocycles. The summed E-state index contributed by atoms with van der Waals surface area (Å²) in [5, 5.41) is 13.0. The van der Waals surface area contributed by atoms with Crippen molar-refractivity contribution in [1.82, 2.24) is 10.2 Å². The SMILES string of the molecule is CCCC1CCC(NC)C(CN2CCCC2CO)C1. The molecular weight excluding hydrogens is 236 g/mol. The Morgan fingerprint density at radius 3 is 2.79 bits per heavy atom. The number of aliphatic hydroxyl groups excluding tert-OH is 1. The van der Waals surface area contributed by atoms with Crippen LogP contribution in [-0.4, -0.2) is 48.8 Å². The number of hydrogen-bond acceptors (Lipinski definition) is 3. The van der Waals surface area contributed by atoms with Gasteiger partial charge in [0, 0.05) is 18.6 Å². The molecule has 1 heterocycles. The minimum Gasteiger partial charge on any atom is -0.395 e. The van der Waals surface area contributed by atoms with E-state index in [0.717, 1.165) is 11.8 Å². The van der Waals surface area contributed by atoms with Crippen LogP contribution in [-0.2, 0) is 0 Å². The van der Waals surface area contributed by atoms with E-state index in [4.69, 9.17) is 0 Å². The van der Waals surface area contributed by atoms with Crippen molar-refractivity contribution in [3.8, 4) is 0 Å². The van der Waals surface area contributed by atoms with Crippen molar-refractivity contribution in [1.29, 1.82) is 0 Å². The van der Waals surface area contributed by atoms with Crippen molar-refractivity contribution in [2.24, 2.45) is 11.8 Å². The molecule has 3 nitrogen and oxygen atoms in total. The van der Waals surface area contributed by atoms with Crippen molar-refractivity contribution >= 4 is 0 Å². The van der Waals surface area contributed by atoms with Gasteiger partial charge in [-0.2, -0.15) is 0 Å². The number of nitrogens with zero attached hydrogens (tertiary/aromatic N) is 1. The van der Waals surface area contributed by atoms with Gasteiger partial charge >= 0.3 is 0 Å². The molecule has 4 atom stereocenters. The van der Waals surface area contributed by atoms with Gasteiger partial charge in [-0.15, -0.1) is 0 Å². The summed E-state index contributed by atoms with van der Waals surface area (Å²) in [5.74, 6) is 1.72. The van der Waals surface area contributed by atoms with Crippen molar-refractivity contribution in [3.05, 3.63) is 0 Å². The van der Waals surface area contributed by atoms with Crippen LogP contribution in [0.2, 0.25) is 0 Å². The predicted molar refractivity (Wildman–Crippen MR) is 80.3 cm³/mol. The highest BCUT2D eigenvalue weighted by molar-refractivity contribution is 4.88. The summed E-state index contributed by atoms with van der Waals surface area (Å²) in [6.45, 7) is 5.03. The smallest absolute Gasteiger partial charge is 0.0586 e. The third-order valence-corrected chi connectivity index (χ3v) is 5.34. The van der Waals surface area contributed by atoms with E-state index in [0.29, 0.717) is 18.7 Å². The first-order chi connectivity index (χ1) is 9.28. The minimum atomic E-state index is 0.343. The van der Waals surface area contributed by atoms with Gasteiger partial charge in [0.2, 0.25) is 0 Å². The van der Waals surface area contributed by atoms with Crippen molar-refractivity contribution < 1.29 is 5.11 Å². The normalized spacial score (nSPS) is 36.8. The van der Waals surface area contributed by atoms with Gasteiger partial charge < -0.3 is 10.4 Å². The Morgan fingerprint density at radius 1 is 1.26 bits per heavy atom. The molecule has 1 saturated heterocycles. The molecule has 0 radical (unpaired) electrons. The van der Waals surface area contributed by atoms with Crippen LogP contribution >= 0.6 is 0 Å². The van der Waals surface area contributed by atoms with E-state index < -0.39 is 0 Å². The summed E-state index contributed by atoms with van der Waals surface area (Å²) in [5.41, 5.74) is 0. The summed E-state index contributed by atoms with van der Waals surface area (Å²) in [6, 6.07) is 1.12. The van der Waals surface area contributed by atoms with Gasteiger partial charge in [0.1, 0.15) is 0 Å². The Labute approximate surface area is 118 Å². The maximum atomic E-state index is 9.47. The first kappa shape index (κ1) is 15.3. The lowest BCUT2D eigenvalue weighted by molar-refractivity contribution is 0.104. The van der Waals surface area contributed by atoms with Gasteiger partial charge in [-0.25, -0.2) is 0 Å². The molecule has 2 N–H and O–H groups in total. The van der Waals surface area contributed by atoms with Crippen LogP contribution in [0.25, 0.3) is 0 Å². The van der Waals surface area contributed by atoms with Gasteiger partial charge in [-0.05, 0) is 57.5 Å². The third-order valence-electron chi connectivity index (χ3n) is 5.34. The molecule has 0 aromatic rings. The zero-order chi connectivity index (χ0) is 13.7. The molecule has 3 heteroatoms. The third kappa shape index (κ3) is 3.93. The maximum Gasteiger partial charge on any atom is 0.0586 e. The largest absolute Gasteiger partial charge is 0.395 e. The number of nitrogens with one attached hydrogen (secondary N) is 1. The van der Waals surface area contributed by atoms with Crippen LogP contribution in [0.1, 0.15) is 51.9 Å². The van der Waals surface area contributed by atoms with Gasteiger partial charge in [0.05, 0.1) is 6.61 Å². The molecule has 112 valence electrons. The Balaban J connectivity index is 1.90. The van der Waals surface area contributed by atoms with Crippen LogP contribution in [0.3, 0.4) is 0 Å². The van der Waals surface area contributed by atoms with E-state index in [1.165, 1.54) is 58.0 Å². The van der Waals surface area contributed by atoms with Crippen molar-refractivity contribution in [3.63, 3.8) is 0 Å². The van der Waals surface area contributed by atoms with Gasteiger partial charge in [-0.1, -0.05) is 19.8 Å². The van der Waals surface area contributed by atoms with Gasteiger partial charge in [0.15, 0.2) is 0 Å². The number of likely N-dealkylation sites (tertiary alicyclic amines) is 1. The molecule has 0 aromatic carbocycles. The number of hydrogen-bond donors (Lipinski definition) is 2. The lowest BCUT2D eigenvalue weighted by Gasteiger charge is -2.39. The van der Waals surface area contributed by atoms with Crippen LogP contribution in [0.15, 0.2) is 0 Å². The number of aliphatic hydroxyl groups is 1. The zero-order valence-corrected chi connectivity index (χ0v) is 12.8. The van der Waals surface area contributed by atoms with Crippen LogP contribution in [0, 0.1) is 11.8 Å². The van der Waals surface area contributed by atoms with Gasteiger partial charge in [-0.3, -0.25) is 4.90 Å². The summed E-state index contributed by atoms with van der Waals surface area (Å²) < 4.78 is 0. The molecule has 2 aliphatic rings. The molecule has 2 rings (SSSR count). The van der Waals surface area contributed by atoms with Gasteiger partial charge in [0.25, 0.3) is 0 Å². The monoisotopic (exact) mass is 268 g/mol. The molecule has 0 amide bonds. The fourth-order valence-corrected chi connectivity index (χ4v) is 4.26. The fraction of sp³-hybridized carbons (Fsp3) is 1.00. The molecule has 19 heavy (non-hydrogen) atoms. The second-order valence-electron chi connectivity index (χ2n) is 6.60. The van der Waals surface area contributed by atoms with E-state index in [1.54, 1.807) is 0 Å². The summed E-state index contributed by atoms with van der Waals surface area (Å²) in [7, 11) is 2.12. The van der Waals surface area contributed by atoms with Crippen molar-refractivity contribution in [2.75, 3.05) is 26.7 Å². The number of rotatable bonds is 6. The highest BCUT2D eigenvalue weighted by Crippen LogP contribution is 2.33. The molecule has 0 bridgehead atoms. The molecular formula is C16H32N2O. The van der Waals surface area contributed by atoms with Crippen LogP contribution in [0.4, 0.5) is 0 Å². The Hall–Kier alpha value is -0.120. The Kier molecular flexibility index (Phi) is 6.11. The van der Waals surface area contributed by atoms with Crippen LogP contribution < -0.4 is 5.32 Å². The zero-order valence-electron chi connectivity index (χ0n) is 12.8. The topological polar surface area (TPSA) is 35.5 Å². The molecule has 4 unspecified atom stereocenters. The summed E-state index contributed by atoms with van der Waals surface area (Å²) in [4.78, 5) is 2.54. The Bertz CT molecular complexity index is 259. The second-order valence-corrected chi connectivity index (χ2v) is 6.60. The predicted octanol–water partition coefficient (Wildman–Crippen LogP) is 2.25. The average Bonchev–Trinajstić information content (AvgIpc) is 2.87. The standard InChI is InChI=1S/C16H32N2O/c1-3-5-13-7-8-16(17-2)14(10-13)11-18-9-4-6-15(18)12-19/h13-17,19H,3-12H2,1-2H3. The Morgan fingerprint density at radius 2 is 2.11 bits per heavy atom. The fourth-order valence-electron chi connectivity index (χ4n) is 4.26. The first-order valence-electron chi connectivity index (χ1n) is 8.30. The average molecular weight is 268 g/mol. The van der Waals surface area contributed by atoms with Crippen LogP contribution in [0.5, 0.6) is 0 Å². The van der Waals surface area contributed by atoms with E-state index in [9.17, 15) is 5.11 Å².